The van der Waals surface area contributed by atoms with E-state index in [0.717, 1.165) is 64.2 Å². The summed E-state index contributed by atoms with van der Waals surface area (Å²) in [7, 11) is -10.7. The van der Waals surface area contributed by atoms with E-state index in [-0.39, 0.29) is 12.8 Å². The van der Waals surface area contributed by atoms with Gasteiger partial charge in [-0.05, 0) is 70.6 Å². The van der Waals surface area contributed by atoms with Crippen molar-refractivity contribution >= 4 is 27.6 Å². The van der Waals surface area contributed by atoms with Crippen molar-refractivity contribution in [2.24, 2.45) is 0 Å². The van der Waals surface area contributed by atoms with Gasteiger partial charge in [0.25, 0.3) is 0 Å². The molecule has 0 radical (unpaired) electrons. The lowest BCUT2D eigenvalue weighted by Gasteiger charge is -2.43. The predicted octanol–water partition coefficient (Wildman–Crippen LogP) is 8.27. The molecule has 0 aromatic heterocycles. The average molecular weight is 981 g/mol. The van der Waals surface area contributed by atoms with E-state index < -0.39 is 83.5 Å². The number of unbranched alkanes of at least 4 members (excludes halogenated alkanes) is 14. The Balaban J connectivity index is 1.81. The first kappa shape index (κ1) is 60.0. The molecule has 0 aromatic carbocycles. The quantitative estimate of drug-likeness (QED) is 0.0100. The molecule has 0 bridgehead atoms. The molecule has 7 N–H and O–H groups in total. The fourth-order valence-electron chi connectivity index (χ4n) is 7.40. The van der Waals surface area contributed by atoms with Crippen molar-refractivity contribution in [1.82, 2.24) is 0 Å². The first-order valence-electron chi connectivity index (χ1n) is 24.3. The molecule has 1 aliphatic heterocycles. The summed E-state index contributed by atoms with van der Waals surface area (Å²) in [6, 6.07) is 0. The van der Waals surface area contributed by atoms with Crippen molar-refractivity contribution in [3.63, 3.8) is 0 Å². The molecule has 2 aliphatic rings. The van der Waals surface area contributed by atoms with Gasteiger partial charge in [-0.3, -0.25) is 23.2 Å². The Morgan fingerprint density at radius 2 is 1.08 bits per heavy atom. The Labute approximate surface area is 392 Å². The zero-order valence-corrected chi connectivity index (χ0v) is 41.1. The van der Waals surface area contributed by atoms with E-state index in [2.05, 4.69) is 54.8 Å². The van der Waals surface area contributed by atoms with Crippen LogP contribution in [0, 0.1) is 0 Å². The number of carbonyl (C=O) groups is 2. The summed E-state index contributed by atoms with van der Waals surface area (Å²) < 4.78 is 55.1. The van der Waals surface area contributed by atoms with E-state index in [4.69, 9.17) is 23.3 Å². The van der Waals surface area contributed by atoms with Crippen molar-refractivity contribution in [3.05, 3.63) is 48.6 Å². The fraction of sp³-hybridized carbons (Fsp3) is 0.787. The molecule has 66 heavy (non-hydrogen) atoms. The number of rotatable bonds is 39. The van der Waals surface area contributed by atoms with Crippen LogP contribution in [0.2, 0.25) is 0 Å². The van der Waals surface area contributed by atoms with Crippen LogP contribution in [0.1, 0.15) is 168 Å². The second-order valence-electron chi connectivity index (χ2n) is 17.2. The van der Waals surface area contributed by atoms with Gasteiger partial charge in [-0.15, -0.1) is 0 Å². The Hall–Kier alpha value is -2.08. The number of ether oxygens (including phenoxy) is 3. The zero-order valence-electron chi connectivity index (χ0n) is 39.3. The largest absolute Gasteiger partial charge is 0.472 e. The van der Waals surface area contributed by atoms with Crippen LogP contribution in [-0.4, -0.2) is 115 Å². The van der Waals surface area contributed by atoms with Gasteiger partial charge in [0, 0.05) is 12.8 Å². The summed E-state index contributed by atoms with van der Waals surface area (Å²) in [5.74, 6) is -1.29. The van der Waals surface area contributed by atoms with Gasteiger partial charge in [0.15, 0.2) is 6.10 Å². The Bertz CT molecular complexity index is 1530. The summed E-state index contributed by atoms with van der Waals surface area (Å²) in [4.78, 5) is 54.3. The van der Waals surface area contributed by atoms with E-state index in [0.29, 0.717) is 31.5 Å². The Morgan fingerprint density at radius 3 is 1.73 bits per heavy atom. The van der Waals surface area contributed by atoms with Gasteiger partial charge >= 0.3 is 27.6 Å². The molecule has 2 rings (SSSR count). The lowest BCUT2D eigenvalue weighted by atomic mass is 9.85. The number of epoxide rings is 1. The summed E-state index contributed by atoms with van der Waals surface area (Å²) >= 11 is 0. The maximum Gasteiger partial charge on any atom is 0.472 e. The summed E-state index contributed by atoms with van der Waals surface area (Å²) in [5.41, 5.74) is 0. The summed E-state index contributed by atoms with van der Waals surface area (Å²) in [6.07, 6.45) is 25.2. The highest BCUT2D eigenvalue weighted by Crippen LogP contribution is 2.49. The van der Waals surface area contributed by atoms with Crippen LogP contribution in [-0.2, 0) is 46.5 Å². The van der Waals surface area contributed by atoms with Gasteiger partial charge in [0.05, 0.1) is 18.8 Å². The number of esters is 2. The number of hydrogen-bond acceptors (Lipinski definition) is 14. The smallest absolute Gasteiger partial charge is 0.462 e. The van der Waals surface area contributed by atoms with Gasteiger partial charge in [-0.1, -0.05) is 133 Å². The van der Waals surface area contributed by atoms with E-state index >= 15 is 0 Å². The molecule has 1 saturated carbocycles. The molecule has 1 heterocycles. The van der Waals surface area contributed by atoms with Crippen LogP contribution < -0.4 is 0 Å². The molecule has 382 valence electrons. The van der Waals surface area contributed by atoms with Crippen LogP contribution in [0.15, 0.2) is 48.6 Å². The maximum atomic E-state index is 13.0. The second kappa shape index (κ2) is 35.1. The highest BCUT2D eigenvalue weighted by molar-refractivity contribution is 7.47. The minimum Gasteiger partial charge on any atom is -0.462 e. The number of carbonyl (C=O) groups excluding carboxylic acids is 2. The zero-order chi connectivity index (χ0) is 48.6. The molecule has 0 aromatic rings. The van der Waals surface area contributed by atoms with Crippen molar-refractivity contribution in [3.8, 4) is 0 Å². The van der Waals surface area contributed by atoms with Crippen LogP contribution in [0.25, 0.3) is 0 Å². The van der Waals surface area contributed by atoms with Crippen molar-refractivity contribution < 1.29 is 81.6 Å². The molecule has 1 saturated heterocycles. The predicted molar refractivity (Wildman–Crippen MR) is 250 cm³/mol. The van der Waals surface area contributed by atoms with Crippen LogP contribution in [0.3, 0.4) is 0 Å². The third-order valence-corrected chi connectivity index (χ3v) is 12.8. The van der Waals surface area contributed by atoms with Gasteiger partial charge in [0.1, 0.15) is 43.2 Å². The fourth-order valence-corrected chi connectivity index (χ4v) is 8.94. The number of aliphatic hydroxyl groups excluding tert-OH is 4. The van der Waals surface area contributed by atoms with E-state index in [1.807, 2.05) is 12.2 Å². The standard InChI is InChI=1S/C47H82O17P2/c1-3-5-7-9-11-12-13-14-15-16-17-18-19-20-21-25-29-33-40(48)59-35-37(36-60-66(57,58)64-47-44(52)42(50)43(51)46(45(47)53)63-65(54,55)56)61-41(49)34-30-26-22-24-28-32-39-38(62-39)31-27-23-10-8-6-4-2/h14-15,17-18,20-21,23,27,37-39,42-47,50-53H,3-13,16,19,22,24-26,28-36H2,1-2H3,(H,57,58)(H2,54,55,56)/b15-14-,18-17-,21-20-,27-23-/t37-,38?,39?,42?,43?,44?,45?,46-,47+/m1/s1. The summed E-state index contributed by atoms with van der Waals surface area (Å²) in [6.45, 7) is 3.01. The van der Waals surface area contributed by atoms with Gasteiger partial charge in [-0.2, -0.15) is 0 Å². The third-order valence-electron chi connectivity index (χ3n) is 11.3. The van der Waals surface area contributed by atoms with Gasteiger partial charge < -0.3 is 49.3 Å². The number of phosphoric ester groups is 2. The molecule has 1 aliphatic carbocycles. The van der Waals surface area contributed by atoms with E-state index in [1.165, 1.54) is 57.8 Å². The molecule has 2 fully saturated rings. The summed E-state index contributed by atoms with van der Waals surface area (Å²) in [5, 5.41) is 41.3. The van der Waals surface area contributed by atoms with E-state index in [9.17, 15) is 53.8 Å². The van der Waals surface area contributed by atoms with Crippen molar-refractivity contribution in [2.75, 3.05) is 13.2 Å². The maximum absolute atomic E-state index is 13.0. The van der Waals surface area contributed by atoms with E-state index in [1.54, 1.807) is 0 Å². The number of phosphoric acid groups is 2. The molecule has 19 heteroatoms. The van der Waals surface area contributed by atoms with Crippen molar-refractivity contribution in [1.29, 1.82) is 0 Å². The number of allylic oxidation sites excluding steroid dienone is 7. The van der Waals surface area contributed by atoms with Gasteiger partial charge in [0.2, 0.25) is 0 Å². The lowest BCUT2D eigenvalue weighted by molar-refractivity contribution is -0.216. The SMILES string of the molecule is CCCCC/C=C\CC1OC1CCCCCCCC(=O)O[C@H](COC(=O)CCC/C=C\C/C=C\C/C=C\CCCCCCCC)COP(=O)(O)O[C@H]1C(O)C(O)C(O)[C@@H](OP(=O)(O)O)C1O. The number of aliphatic hydroxyl groups is 4. The number of hydrogen-bond donors (Lipinski definition) is 7. The molecular weight excluding hydrogens is 898 g/mol. The average Bonchev–Trinajstić information content (AvgIpc) is 4.03. The molecule has 10 atom stereocenters. The van der Waals surface area contributed by atoms with Crippen molar-refractivity contribution in [2.45, 2.75) is 223 Å². The van der Waals surface area contributed by atoms with Gasteiger partial charge in [-0.25, -0.2) is 9.13 Å². The molecule has 0 amide bonds. The van der Waals surface area contributed by atoms with Crippen LogP contribution >= 0.6 is 15.6 Å². The molecule has 17 nitrogen and oxygen atoms in total. The normalized spacial score (nSPS) is 25.0. The highest BCUT2D eigenvalue weighted by Gasteiger charge is 2.54. The minimum absolute atomic E-state index is 0.00917. The monoisotopic (exact) mass is 981 g/mol. The van der Waals surface area contributed by atoms with Crippen LogP contribution in [0.5, 0.6) is 0 Å². The minimum atomic E-state index is -5.37. The first-order valence-corrected chi connectivity index (χ1v) is 27.3. The Kier molecular flexibility index (Phi) is 31.9. The Morgan fingerprint density at radius 1 is 0.561 bits per heavy atom. The topological polar surface area (TPSA) is 269 Å². The first-order chi connectivity index (χ1) is 31.6. The third kappa shape index (κ3) is 28.4. The second-order valence-corrected chi connectivity index (χ2v) is 19.8. The van der Waals surface area contributed by atoms with Crippen LogP contribution in [0.4, 0.5) is 0 Å². The molecule has 7 unspecified atom stereocenters. The molecular formula is C47H82O17P2. The highest BCUT2D eigenvalue weighted by atomic mass is 31.2. The molecule has 0 spiro atoms. The lowest BCUT2D eigenvalue weighted by Crippen LogP contribution is -2.64.